The van der Waals surface area contributed by atoms with E-state index in [0.29, 0.717) is 6.61 Å². The van der Waals surface area contributed by atoms with E-state index < -0.39 is 10.0 Å². The molecule has 0 bridgehead atoms. The summed E-state index contributed by atoms with van der Waals surface area (Å²) in [4.78, 5) is 3.70. The van der Waals surface area contributed by atoms with Gasteiger partial charge in [-0.1, -0.05) is 23.8 Å². The van der Waals surface area contributed by atoms with Crippen LogP contribution in [0.4, 0.5) is 0 Å². The Kier molecular flexibility index (Phi) is 5.74. The number of pyridine rings is 1. The van der Waals surface area contributed by atoms with Gasteiger partial charge in [0.1, 0.15) is 4.90 Å². The standard InChI is InChI=1S/C11H15ClN2O3S/c1-9(2)8-17-6-5-14-18(15,16)11-7-13-4-3-10(11)12/h3-4,7,14H,1,5-6,8H2,2H3. The Balaban J connectivity index is 2.51. The lowest BCUT2D eigenvalue weighted by atomic mass is 10.4. The summed E-state index contributed by atoms with van der Waals surface area (Å²) < 4.78 is 31.2. The van der Waals surface area contributed by atoms with E-state index >= 15 is 0 Å². The highest BCUT2D eigenvalue weighted by Gasteiger charge is 2.17. The smallest absolute Gasteiger partial charge is 0.243 e. The summed E-state index contributed by atoms with van der Waals surface area (Å²) in [7, 11) is -3.64. The largest absolute Gasteiger partial charge is 0.376 e. The molecule has 0 saturated carbocycles. The summed E-state index contributed by atoms with van der Waals surface area (Å²) in [6.07, 6.45) is 2.64. The predicted octanol–water partition coefficient (Wildman–Crippen LogP) is 1.61. The number of ether oxygens (including phenoxy) is 1. The van der Waals surface area contributed by atoms with Crippen LogP contribution in [0.2, 0.25) is 5.02 Å². The topological polar surface area (TPSA) is 68.3 Å². The molecular formula is C11H15ClN2O3S. The van der Waals surface area contributed by atoms with Gasteiger partial charge in [0.15, 0.2) is 0 Å². The average molecular weight is 291 g/mol. The van der Waals surface area contributed by atoms with Crippen molar-refractivity contribution in [1.29, 1.82) is 0 Å². The van der Waals surface area contributed by atoms with Crippen LogP contribution < -0.4 is 4.72 Å². The van der Waals surface area contributed by atoms with E-state index in [4.69, 9.17) is 16.3 Å². The number of sulfonamides is 1. The molecule has 0 spiro atoms. The Morgan fingerprint density at radius 2 is 2.33 bits per heavy atom. The monoisotopic (exact) mass is 290 g/mol. The highest BCUT2D eigenvalue weighted by molar-refractivity contribution is 7.89. The van der Waals surface area contributed by atoms with Gasteiger partial charge in [0.2, 0.25) is 10.0 Å². The SMILES string of the molecule is C=C(C)COCCNS(=O)(=O)c1cnccc1Cl. The summed E-state index contributed by atoms with van der Waals surface area (Å²) in [5, 5.41) is 0.139. The molecule has 18 heavy (non-hydrogen) atoms. The van der Waals surface area contributed by atoms with Crippen molar-refractivity contribution in [3.8, 4) is 0 Å². The number of hydrogen-bond acceptors (Lipinski definition) is 4. The zero-order valence-electron chi connectivity index (χ0n) is 10.0. The van der Waals surface area contributed by atoms with E-state index in [-0.39, 0.29) is 23.1 Å². The molecule has 1 heterocycles. The minimum Gasteiger partial charge on any atom is -0.376 e. The second-order valence-electron chi connectivity index (χ2n) is 3.71. The second kappa shape index (κ2) is 6.84. The summed E-state index contributed by atoms with van der Waals surface area (Å²) in [6, 6.07) is 1.42. The molecule has 0 aliphatic rings. The Labute approximate surface area is 112 Å². The normalized spacial score (nSPS) is 11.4. The van der Waals surface area contributed by atoms with Crippen LogP contribution in [0.25, 0.3) is 0 Å². The van der Waals surface area contributed by atoms with Crippen LogP contribution in [0.15, 0.2) is 35.5 Å². The summed E-state index contributed by atoms with van der Waals surface area (Å²) in [5.41, 5.74) is 0.883. The number of aromatic nitrogens is 1. The zero-order valence-corrected chi connectivity index (χ0v) is 11.6. The molecule has 0 unspecified atom stereocenters. The predicted molar refractivity (Wildman–Crippen MR) is 70.1 cm³/mol. The van der Waals surface area contributed by atoms with Gasteiger partial charge in [0, 0.05) is 18.9 Å². The molecule has 1 aromatic heterocycles. The zero-order chi connectivity index (χ0) is 13.6. The highest BCUT2D eigenvalue weighted by Crippen LogP contribution is 2.18. The number of hydrogen-bond donors (Lipinski definition) is 1. The van der Waals surface area contributed by atoms with Gasteiger partial charge >= 0.3 is 0 Å². The van der Waals surface area contributed by atoms with E-state index in [1.54, 1.807) is 0 Å². The van der Waals surface area contributed by atoms with Gasteiger partial charge in [0.25, 0.3) is 0 Å². The minimum atomic E-state index is -3.64. The van der Waals surface area contributed by atoms with Gasteiger partial charge in [-0.05, 0) is 13.0 Å². The third-order valence-electron chi connectivity index (χ3n) is 1.91. The molecule has 0 aliphatic heterocycles. The van der Waals surface area contributed by atoms with Gasteiger partial charge in [0.05, 0.1) is 18.2 Å². The second-order valence-corrected chi connectivity index (χ2v) is 5.86. The lowest BCUT2D eigenvalue weighted by molar-refractivity contribution is 0.162. The van der Waals surface area contributed by atoms with Crippen LogP contribution in [-0.2, 0) is 14.8 Å². The molecular weight excluding hydrogens is 276 g/mol. The van der Waals surface area contributed by atoms with E-state index in [9.17, 15) is 8.42 Å². The molecule has 5 nitrogen and oxygen atoms in total. The van der Waals surface area contributed by atoms with Gasteiger partial charge in [-0.2, -0.15) is 0 Å². The Hall–Kier alpha value is -0.950. The van der Waals surface area contributed by atoms with Crippen LogP contribution in [0, 0.1) is 0 Å². The van der Waals surface area contributed by atoms with Crippen molar-refractivity contribution < 1.29 is 13.2 Å². The third kappa shape index (κ3) is 4.73. The van der Waals surface area contributed by atoms with Crippen molar-refractivity contribution in [2.45, 2.75) is 11.8 Å². The quantitative estimate of drug-likeness (QED) is 0.612. The fourth-order valence-electron chi connectivity index (χ4n) is 1.13. The van der Waals surface area contributed by atoms with E-state index in [1.807, 2.05) is 6.92 Å². The van der Waals surface area contributed by atoms with E-state index in [2.05, 4.69) is 16.3 Å². The molecule has 0 aliphatic carbocycles. The Morgan fingerprint density at radius 3 is 2.94 bits per heavy atom. The molecule has 1 aromatic rings. The molecule has 100 valence electrons. The number of rotatable bonds is 7. The van der Waals surface area contributed by atoms with Crippen molar-refractivity contribution in [2.75, 3.05) is 19.8 Å². The molecule has 0 aromatic carbocycles. The van der Waals surface area contributed by atoms with Crippen molar-refractivity contribution in [1.82, 2.24) is 9.71 Å². The first kappa shape index (κ1) is 15.1. The van der Waals surface area contributed by atoms with Crippen LogP contribution in [0.3, 0.4) is 0 Å². The summed E-state index contributed by atoms with van der Waals surface area (Å²) in [5.74, 6) is 0. The van der Waals surface area contributed by atoms with Crippen molar-refractivity contribution in [3.63, 3.8) is 0 Å². The van der Waals surface area contributed by atoms with Gasteiger partial charge < -0.3 is 4.74 Å². The first-order chi connectivity index (χ1) is 8.43. The first-order valence-electron chi connectivity index (χ1n) is 5.25. The van der Waals surface area contributed by atoms with Gasteiger partial charge in [-0.3, -0.25) is 4.98 Å². The molecule has 0 radical (unpaired) electrons. The van der Waals surface area contributed by atoms with Crippen molar-refractivity contribution >= 4 is 21.6 Å². The average Bonchev–Trinajstić information content (AvgIpc) is 2.28. The van der Waals surface area contributed by atoms with Gasteiger partial charge in [-0.25, -0.2) is 13.1 Å². The lowest BCUT2D eigenvalue weighted by Crippen LogP contribution is -2.28. The maximum Gasteiger partial charge on any atom is 0.243 e. The van der Waals surface area contributed by atoms with Crippen molar-refractivity contribution in [3.05, 3.63) is 35.6 Å². The number of nitrogens with one attached hydrogen (secondary N) is 1. The Morgan fingerprint density at radius 1 is 1.61 bits per heavy atom. The maximum atomic E-state index is 11.8. The fraction of sp³-hybridized carbons (Fsp3) is 0.364. The van der Waals surface area contributed by atoms with Crippen molar-refractivity contribution in [2.24, 2.45) is 0 Å². The minimum absolute atomic E-state index is 0.0356. The molecule has 0 fully saturated rings. The maximum absolute atomic E-state index is 11.8. The Bertz CT molecular complexity index is 517. The molecule has 0 amide bonds. The van der Waals surface area contributed by atoms with Crippen LogP contribution >= 0.6 is 11.6 Å². The summed E-state index contributed by atoms with van der Waals surface area (Å²) >= 11 is 5.79. The highest BCUT2D eigenvalue weighted by atomic mass is 35.5. The molecule has 7 heteroatoms. The summed E-state index contributed by atoms with van der Waals surface area (Å²) in [6.45, 7) is 6.35. The van der Waals surface area contributed by atoms with E-state index in [1.165, 1.54) is 18.5 Å². The first-order valence-corrected chi connectivity index (χ1v) is 7.11. The van der Waals surface area contributed by atoms with E-state index in [0.717, 1.165) is 5.57 Å². The number of halogens is 1. The molecule has 1 rings (SSSR count). The molecule has 0 saturated heterocycles. The van der Waals surface area contributed by atoms with Crippen LogP contribution in [0.1, 0.15) is 6.92 Å². The fourth-order valence-corrected chi connectivity index (χ4v) is 2.57. The third-order valence-corrected chi connectivity index (χ3v) is 3.84. The number of nitrogens with zero attached hydrogens (tertiary/aromatic N) is 1. The van der Waals surface area contributed by atoms with Crippen LogP contribution in [0.5, 0.6) is 0 Å². The van der Waals surface area contributed by atoms with Gasteiger partial charge in [-0.15, -0.1) is 0 Å². The van der Waals surface area contributed by atoms with Crippen LogP contribution in [-0.4, -0.2) is 33.2 Å². The molecule has 1 N–H and O–H groups in total. The lowest BCUT2D eigenvalue weighted by Gasteiger charge is -2.08. The molecule has 0 atom stereocenters.